The number of ether oxygens (including phenoxy) is 2. The van der Waals surface area contributed by atoms with Crippen LogP contribution in [0.3, 0.4) is 0 Å². The van der Waals surface area contributed by atoms with E-state index in [-0.39, 0.29) is 23.7 Å². The lowest BCUT2D eigenvalue weighted by Gasteiger charge is -2.37. The van der Waals surface area contributed by atoms with Gasteiger partial charge in [0, 0.05) is 31.6 Å². The van der Waals surface area contributed by atoms with Crippen LogP contribution in [0.5, 0.6) is 0 Å². The van der Waals surface area contributed by atoms with E-state index in [9.17, 15) is 9.59 Å². The molecular weight excluding hydrogens is 308 g/mol. The van der Waals surface area contributed by atoms with E-state index in [2.05, 4.69) is 5.32 Å². The monoisotopic (exact) mass is 330 g/mol. The van der Waals surface area contributed by atoms with Gasteiger partial charge in [0.25, 0.3) is 0 Å². The lowest BCUT2D eigenvalue weighted by atomic mass is 10.0. The zero-order valence-corrected chi connectivity index (χ0v) is 13.6. The van der Waals surface area contributed by atoms with Gasteiger partial charge in [-0.15, -0.1) is 0 Å². The van der Waals surface area contributed by atoms with Crippen LogP contribution in [-0.4, -0.2) is 48.8 Å². The Morgan fingerprint density at radius 2 is 1.71 bits per heavy atom. The molecule has 3 fully saturated rings. The molecule has 1 spiro atoms. The Bertz CT molecular complexity index is 617. The average Bonchev–Trinajstić information content (AvgIpc) is 3.30. The van der Waals surface area contributed by atoms with Gasteiger partial charge in [0.1, 0.15) is 0 Å². The van der Waals surface area contributed by atoms with Gasteiger partial charge in [0.2, 0.25) is 11.8 Å². The molecule has 2 atom stereocenters. The summed E-state index contributed by atoms with van der Waals surface area (Å²) in [5.74, 6) is -0.808. The molecule has 2 saturated heterocycles. The molecule has 6 heteroatoms. The Balaban J connectivity index is 1.28. The third-order valence-electron chi connectivity index (χ3n) is 5.14. The van der Waals surface area contributed by atoms with Gasteiger partial charge in [-0.25, -0.2) is 0 Å². The van der Waals surface area contributed by atoms with Crippen LogP contribution in [0.15, 0.2) is 30.3 Å². The van der Waals surface area contributed by atoms with Crippen LogP contribution in [0.1, 0.15) is 19.3 Å². The number of hydrogen-bond donors (Lipinski definition) is 1. The van der Waals surface area contributed by atoms with Crippen molar-refractivity contribution in [3.8, 4) is 0 Å². The second-order valence-electron chi connectivity index (χ2n) is 6.74. The quantitative estimate of drug-likeness (QED) is 0.915. The van der Waals surface area contributed by atoms with Crippen molar-refractivity contribution in [1.82, 2.24) is 4.90 Å². The van der Waals surface area contributed by atoms with E-state index >= 15 is 0 Å². The molecule has 0 radical (unpaired) electrons. The summed E-state index contributed by atoms with van der Waals surface area (Å²) in [7, 11) is 0. The van der Waals surface area contributed by atoms with Gasteiger partial charge in [-0.1, -0.05) is 18.2 Å². The molecule has 4 rings (SSSR count). The van der Waals surface area contributed by atoms with Gasteiger partial charge < -0.3 is 19.7 Å². The number of carbonyl (C=O) groups excluding carboxylic acids is 2. The van der Waals surface area contributed by atoms with Crippen molar-refractivity contribution in [2.24, 2.45) is 11.8 Å². The van der Waals surface area contributed by atoms with Crippen molar-refractivity contribution < 1.29 is 19.1 Å². The van der Waals surface area contributed by atoms with E-state index in [1.807, 2.05) is 35.2 Å². The van der Waals surface area contributed by atoms with E-state index in [1.54, 1.807) is 0 Å². The second kappa shape index (κ2) is 6.18. The number of anilines is 1. The number of carbonyl (C=O) groups is 2. The highest BCUT2D eigenvalue weighted by atomic mass is 16.7. The number of likely N-dealkylation sites (tertiary alicyclic amines) is 1. The molecule has 1 N–H and O–H groups in total. The minimum atomic E-state index is -0.468. The van der Waals surface area contributed by atoms with Crippen LogP contribution in [0.25, 0.3) is 0 Å². The maximum Gasteiger partial charge on any atom is 0.228 e. The smallest absolute Gasteiger partial charge is 0.228 e. The molecule has 2 aliphatic heterocycles. The molecule has 128 valence electrons. The fraction of sp³-hybridized carbons (Fsp3) is 0.556. The summed E-state index contributed by atoms with van der Waals surface area (Å²) in [6.07, 6.45) is 2.07. The van der Waals surface area contributed by atoms with Crippen LogP contribution in [0, 0.1) is 11.8 Å². The topological polar surface area (TPSA) is 67.9 Å². The third kappa shape index (κ3) is 3.03. The van der Waals surface area contributed by atoms with Crippen LogP contribution >= 0.6 is 0 Å². The van der Waals surface area contributed by atoms with Crippen molar-refractivity contribution in [3.63, 3.8) is 0 Å². The molecule has 0 bridgehead atoms. The van der Waals surface area contributed by atoms with Crippen molar-refractivity contribution >= 4 is 17.5 Å². The first-order chi connectivity index (χ1) is 11.7. The van der Waals surface area contributed by atoms with Crippen LogP contribution in [-0.2, 0) is 19.1 Å². The molecule has 2 heterocycles. The first-order valence-electron chi connectivity index (χ1n) is 8.59. The number of nitrogens with one attached hydrogen (secondary N) is 1. The molecule has 0 aromatic heterocycles. The van der Waals surface area contributed by atoms with Crippen LogP contribution < -0.4 is 5.32 Å². The summed E-state index contributed by atoms with van der Waals surface area (Å²) in [6.45, 7) is 2.56. The van der Waals surface area contributed by atoms with Crippen molar-refractivity contribution in [3.05, 3.63) is 30.3 Å². The Hall–Kier alpha value is -1.92. The number of nitrogens with zero attached hydrogens (tertiary/aromatic N) is 1. The summed E-state index contributed by atoms with van der Waals surface area (Å²) < 4.78 is 11.4. The highest BCUT2D eigenvalue weighted by Crippen LogP contribution is 2.42. The number of benzene rings is 1. The molecule has 6 nitrogen and oxygen atoms in total. The van der Waals surface area contributed by atoms with Gasteiger partial charge in [0.15, 0.2) is 5.79 Å². The number of piperidine rings is 1. The van der Waals surface area contributed by atoms with E-state index < -0.39 is 5.79 Å². The highest BCUT2D eigenvalue weighted by Gasteiger charge is 2.51. The standard InChI is InChI=1S/C18H22N2O4/c21-16(19-13-4-2-1-3-5-13)14-12-15(14)17(22)20-8-6-18(7-9-20)23-10-11-24-18/h1-5,14-15H,6-12H2,(H,19,21). The molecule has 2 unspecified atom stereocenters. The fourth-order valence-corrected chi connectivity index (χ4v) is 3.60. The number of rotatable bonds is 3. The van der Waals surface area contributed by atoms with Gasteiger partial charge in [-0.3, -0.25) is 9.59 Å². The summed E-state index contributed by atoms with van der Waals surface area (Å²) in [4.78, 5) is 26.7. The van der Waals surface area contributed by atoms with E-state index in [0.29, 0.717) is 45.6 Å². The van der Waals surface area contributed by atoms with Gasteiger partial charge in [-0.05, 0) is 18.6 Å². The third-order valence-corrected chi connectivity index (χ3v) is 5.14. The maximum absolute atomic E-state index is 12.6. The Kier molecular flexibility index (Phi) is 4.02. The second-order valence-corrected chi connectivity index (χ2v) is 6.74. The normalized spacial score (nSPS) is 27.9. The zero-order chi connectivity index (χ0) is 16.6. The summed E-state index contributed by atoms with van der Waals surface area (Å²) >= 11 is 0. The van der Waals surface area contributed by atoms with Crippen molar-refractivity contribution in [2.45, 2.75) is 25.0 Å². The van der Waals surface area contributed by atoms with Crippen molar-refractivity contribution in [2.75, 3.05) is 31.6 Å². The van der Waals surface area contributed by atoms with Crippen molar-refractivity contribution in [1.29, 1.82) is 0 Å². The predicted molar refractivity (Wildman–Crippen MR) is 87.1 cm³/mol. The molecule has 24 heavy (non-hydrogen) atoms. The lowest BCUT2D eigenvalue weighted by molar-refractivity contribution is -0.187. The van der Waals surface area contributed by atoms with Gasteiger partial charge >= 0.3 is 0 Å². The number of para-hydroxylation sites is 1. The average molecular weight is 330 g/mol. The highest BCUT2D eigenvalue weighted by molar-refractivity contribution is 5.99. The fourth-order valence-electron chi connectivity index (χ4n) is 3.60. The molecule has 2 amide bonds. The molecule has 1 aromatic rings. The van der Waals surface area contributed by atoms with E-state index in [0.717, 1.165) is 5.69 Å². The van der Waals surface area contributed by atoms with Crippen LogP contribution in [0.4, 0.5) is 5.69 Å². The minimum absolute atomic E-state index is 0.0597. The Morgan fingerprint density at radius 3 is 2.38 bits per heavy atom. The number of hydrogen-bond acceptors (Lipinski definition) is 4. The molecule has 3 aliphatic rings. The van der Waals surface area contributed by atoms with Gasteiger partial charge in [0.05, 0.1) is 25.0 Å². The first kappa shape index (κ1) is 15.6. The Labute approximate surface area is 141 Å². The molecule has 1 aromatic carbocycles. The Morgan fingerprint density at radius 1 is 1.04 bits per heavy atom. The van der Waals surface area contributed by atoms with Gasteiger partial charge in [-0.2, -0.15) is 0 Å². The van der Waals surface area contributed by atoms with Crippen LogP contribution in [0.2, 0.25) is 0 Å². The largest absolute Gasteiger partial charge is 0.347 e. The van der Waals surface area contributed by atoms with E-state index in [4.69, 9.17) is 9.47 Å². The maximum atomic E-state index is 12.6. The predicted octanol–water partition coefficient (Wildman–Crippen LogP) is 1.63. The summed E-state index contributed by atoms with van der Waals surface area (Å²) in [6, 6.07) is 9.36. The number of amides is 2. The minimum Gasteiger partial charge on any atom is -0.347 e. The first-order valence-corrected chi connectivity index (χ1v) is 8.59. The summed E-state index contributed by atoms with van der Waals surface area (Å²) in [5.41, 5.74) is 0.774. The van der Waals surface area contributed by atoms with E-state index in [1.165, 1.54) is 0 Å². The zero-order valence-electron chi connectivity index (χ0n) is 13.6. The molecular formula is C18H22N2O4. The lowest BCUT2D eigenvalue weighted by Crippen LogP contribution is -2.48. The molecule has 1 saturated carbocycles. The SMILES string of the molecule is O=C(Nc1ccccc1)C1CC1C(=O)N1CCC2(CC1)OCCO2. The molecule has 1 aliphatic carbocycles. The summed E-state index contributed by atoms with van der Waals surface area (Å²) in [5, 5.41) is 2.88.